The molecule has 1 aromatic rings. The molecule has 1 aromatic carbocycles. The Balaban J connectivity index is 2.46. The van der Waals surface area contributed by atoms with Crippen LogP contribution in [0.25, 0.3) is 0 Å². The van der Waals surface area contributed by atoms with Gasteiger partial charge in [-0.2, -0.15) is 0 Å². The third-order valence-electron chi connectivity index (χ3n) is 1.66. The molecule has 1 rings (SSSR count). The zero-order valence-corrected chi connectivity index (χ0v) is 8.12. The second-order valence-corrected chi connectivity index (χ2v) is 2.87. The first kappa shape index (κ1) is 10.5. The third kappa shape index (κ3) is 3.45. The molecule has 0 saturated heterocycles. The SMILES string of the molecule is COc1cccc(COCC(=N)N)c1. The predicted molar refractivity (Wildman–Crippen MR) is 54.6 cm³/mol. The fourth-order valence-corrected chi connectivity index (χ4v) is 1.04. The molecule has 0 bridgehead atoms. The fraction of sp³-hybridized carbons (Fsp3) is 0.300. The number of nitrogens with two attached hydrogens (primary N) is 1. The topological polar surface area (TPSA) is 68.3 Å². The smallest absolute Gasteiger partial charge is 0.119 e. The number of methoxy groups -OCH3 is 1. The number of hydrogen-bond acceptors (Lipinski definition) is 3. The van der Waals surface area contributed by atoms with Crippen LogP contribution in [-0.4, -0.2) is 19.6 Å². The molecule has 3 N–H and O–H groups in total. The Labute approximate surface area is 83.1 Å². The maximum atomic E-state index is 6.97. The van der Waals surface area contributed by atoms with Gasteiger partial charge in [0.05, 0.1) is 13.7 Å². The highest BCUT2D eigenvalue weighted by Gasteiger charge is 1.96. The van der Waals surface area contributed by atoms with E-state index in [1.165, 1.54) is 0 Å². The molecule has 0 radical (unpaired) electrons. The minimum Gasteiger partial charge on any atom is -0.497 e. The summed E-state index contributed by atoms with van der Waals surface area (Å²) in [6, 6.07) is 7.59. The van der Waals surface area contributed by atoms with Crippen LogP contribution in [0.5, 0.6) is 5.75 Å². The number of benzene rings is 1. The number of hydrogen-bond donors (Lipinski definition) is 2. The molecule has 14 heavy (non-hydrogen) atoms. The lowest BCUT2D eigenvalue weighted by Gasteiger charge is -2.05. The van der Waals surface area contributed by atoms with E-state index >= 15 is 0 Å². The Morgan fingerprint density at radius 2 is 2.29 bits per heavy atom. The lowest BCUT2D eigenvalue weighted by molar-refractivity contribution is 0.157. The van der Waals surface area contributed by atoms with E-state index in [1.807, 2.05) is 24.3 Å². The van der Waals surface area contributed by atoms with Gasteiger partial charge in [-0.3, -0.25) is 5.41 Å². The molecule has 0 aliphatic carbocycles. The minimum absolute atomic E-state index is 0.0351. The molecule has 0 aliphatic rings. The van der Waals surface area contributed by atoms with Crippen molar-refractivity contribution in [1.82, 2.24) is 0 Å². The summed E-state index contributed by atoms with van der Waals surface area (Å²) in [7, 11) is 1.62. The molecule has 0 heterocycles. The normalized spacial score (nSPS) is 9.79. The van der Waals surface area contributed by atoms with Crippen LogP contribution in [0.3, 0.4) is 0 Å². The first-order valence-electron chi connectivity index (χ1n) is 4.26. The van der Waals surface area contributed by atoms with Gasteiger partial charge in [-0.1, -0.05) is 12.1 Å². The molecule has 0 amide bonds. The van der Waals surface area contributed by atoms with Gasteiger partial charge in [-0.25, -0.2) is 0 Å². The highest BCUT2D eigenvalue weighted by molar-refractivity contribution is 5.78. The van der Waals surface area contributed by atoms with Gasteiger partial charge in [0.2, 0.25) is 0 Å². The van der Waals surface area contributed by atoms with E-state index in [0.717, 1.165) is 11.3 Å². The van der Waals surface area contributed by atoms with Crippen LogP contribution in [0.2, 0.25) is 0 Å². The van der Waals surface area contributed by atoms with E-state index in [-0.39, 0.29) is 12.4 Å². The quantitative estimate of drug-likeness (QED) is 0.545. The summed E-state index contributed by atoms with van der Waals surface area (Å²) < 4.78 is 10.2. The summed E-state index contributed by atoms with van der Waals surface area (Å²) >= 11 is 0. The Morgan fingerprint density at radius 3 is 2.93 bits per heavy atom. The van der Waals surface area contributed by atoms with E-state index < -0.39 is 0 Å². The van der Waals surface area contributed by atoms with Gasteiger partial charge in [-0.15, -0.1) is 0 Å². The molecule has 0 aliphatic heterocycles. The van der Waals surface area contributed by atoms with Crippen LogP contribution in [0, 0.1) is 5.41 Å². The van der Waals surface area contributed by atoms with Gasteiger partial charge in [0.1, 0.15) is 18.2 Å². The standard InChI is InChI=1S/C10H14N2O2/c1-13-9-4-2-3-8(5-9)6-14-7-10(11)12/h2-5H,6-7H2,1H3,(H3,11,12). The zero-order valence-electron chi connectivity index (χ0n) is 8.12. The minimum atomic E-state index is 0.0351. The number of amidine groups is 1. The van der Waals surface area contributed by atoms with Crippen molar-refractivity contribution in [3.05, 3.63) is 29.8 Å². The van der Waals surface area contributed by atoms with Crippen LogP contribution < -0.4 is 10.5 Å². The van der Waals surface area contributed by atoms with Crippen LogP contribution in [0.4, 0.5) is 0 Å². The van der Waals surface area contributed by atoms with Gasteiger partial charge in [-0.05, 0) is 17.7 Å². The van der Waals surface area contributed by atoms with Gasteiger partial charge in [0, 0.05) is 0 Å². The highest BCUT2D eigenvalue weighted by Crippen LogP contribution is 2.12. The van der Waals surface area contributed by atoms with Crippen LogP contribution >= 0.6 is 0 Å². The van der Waals surface area contributed by atoms with Gasteiger partial charge < -0.3 is 15.2 Å². The molecule has 4 nitrogen and oxygen atoms in total. The van der Waals surface area contributed by atoms with E-state index in [0.29, 0.717) is 6.61 Å². The summed E-state index contributed by atoms with van der Waals surface area (Å²) in [6.45, 7) is 0.605. The molecule has 4 heteroatoms. The maximum Gasteiger partial charge on any atom is 0.119 e. The summed E-state index contributed by atoms with van der Waals surface area (Å²) in [5.74, 6) is 0.835. The van der Waals surface area contributed by atoms with E-state index in [4.69, 9.17) is 20.6 Å². The van der Waals surface area contributed by atoms with E-state index in [1.54, 1.807) is 7.11 Å². The molecular weight excluding hydrogens is 180 g/mol. The monoisotopic (exact) mass is 194 g/mol. The fourth-order valence-electron chi connectivity index (χ4n) is 1.04. The van der Waals surface area contributed by atoms with Crippen LogP contribution in [0.15, 0.2) is 24.3 Å². The van der Waals surface area contributed by atoms with Crippen molar-refractivity contribution in [2.45, 2.75) is 6.61 Å². The molecular formula is C10H14N2O2. The van der Waals surface area contributed by atoms with Crippen molar-refractivity contribution >= 4 is 5.84 Å². The van der Waals surface area contributed by atoms with Gasteiger partial charge in [0.25, 0.3) is 0 Å². The van der Waals surface area contributed by atoms with Crippen molar-refractivity contribution in [3.8, 4) is 5.75 Å². The molecule has 76 valence electrons. The van der Waals surface area contributed by atoms with Crippen molar-refractivity contribution in [1.29, 1.82) is 5.41 Å². The Hall–Kier alpha value is -1.55. The second-order valence-electron chi connectivity index (χ2n) is 2.87. The molecule has 0 unspecified atom stereocenters. The van der Waals surface area contributed by atoms with Crippen LogP contribution in [0.1, 0.15) is 5.56 Å². The molecule has 0 saturated carbocycles. The Bertz CT molecular complexity index is 313. The Kier molecular flexibility index (Phi) is 3.94. The van der Waals surface area contributed by atoms with Gasteiger partial charge >= 0.3 is 0 Å². The van der Waals surface area contributed by atoms with Crippen molar-refractivity contribution < 1.29 is 9.47 Å². The maximum absolute atomic E-state index is 6.97. The third-order valence-corrected chi connectivity index (χ3v) is 1.66. The average Bonchev–Trinajstić information content (AvgIpc) is 2.18. The molecule has 0 aromatic heterocycles. The Morgan fingerprint density at radius 1 is 1.50 bits per heavy atom. The molecule has 0 spiro atoms. The van der Waals surface area contributed by atoms with Gasteiger partial charge in [0.15, 0.2) is 0 Å². The first-order chi connectivity index (χ1) is 6.72. The first-order valence-corrected chi connectivity index (χ1v) is 4.26. The van der Waals surface area contributed by atoms with Crippen molar-refractivity contribution in [2.24, 2.45) is 5.73 Å². The van der Waals surface area contributed by atoms with Crippen LogP contribution in [-0.2, 0) is 11.3 Å². The summed E-state index contributed by atoms with van der Waals surface area (Å²) in [5, 5.41) is 6.97. The van der Waals surface area contributed by atoms with Crippen molar-refractivity contribution in [3.63, 3.8) is 0 Å². The van der Waals surface area contributed by atoms with Crippen molar-refractivity contribution in [2.75, 3.05) is 13.7 Å². The molecule has 0 fully saturated rings. The lowest BCUT2D eigenvalue weighted by Crippen LogP contribution is -2.16. The largest absolute Gasteiger partial charge is 0.497 e. The van der Waals surface area contributed by atoms with E-state index in [9.17, 15) is 0 Å². The number of ether oxygens (including phenoxy) is 2. The summed E-state index contributed by atoms with van der Waals surface area (Å²) in [5.41, 5.74) is 6.15. The predicted octanol–water partition coefficient (Wildman–Crippen LogP) is 1.15. The number of nitrogens with one attached hydrogen (secondary N) is 1. The number of rotatable bonds is 5. The summed E-state index contributed by atoms with van der Waals surface area (Å²) in [6.07, 6.45) is 0. The lowest BCUT2D eigenvalue weighted by atomic mass is 10.2. The average molecular weight is 194 g/mol. The summed E-state index contributed by atoms with van der Waals surface area (Å²) in [4.78, 5) is 0. The van der Waals surface area contributed by atoms with E-state index in [2.05, 4.69) is 0 Å². The second kappa shape index (κ2) is 5.24. The highest BCUT2D eigenvalue weighted by atomic mass is 16.5. The zero-order chi connectivity index (χ0) is 10.4. The molecule has 0 atom stereocenters.